The minimum Gasteiger partial charge on any atom is -0.307 e. The zero-order chi connectivity index (χ0) is 25.9. The highest BCUT2D eigenvalue weighted by atomic mass is 32.2. The number of hydrogen-bond donors (Lipinski definition) is 1. The number of halogens is 3. The summed E-state index contributed by atoms with van der Waals surface area (Å²) < 4.78 is 75.2. The van der Waals surface area contributed by atoms with Crippen LogP contribution in [0.2, 0.25) is 0 Å². The van der Waals surface area contributed by atoms with Crippen molar-refractivity contribution in [1.29, 1.82) is 0 Å². The van der Waals surface area contributed by atoms with Crippen molar-refractivity contribution in [3.8, 4) is 11.1 Å². The van der Waals surface area contributed by atoms with Crippen LogP contribution in [-0.4, -0.2) is 23.0 Å². The summed E-state index contributed by atoms with van der Waals surface area (Å²) in [6.45, 7) is 0.391. The highest BCUT2D eigenvalue weighted by Crippen LogP contribution is 2.34. The highest BCUT2D eigenvalue weighted by molar-refractivity contribution is 7.92. The molecule has 1 saturated carbocycles. The molecule has 0 bridgehead atoms. The standard InChI is InChI=1S/C25H17F3N4O3S2/c26-16-3-4-18(31-37(34,35)22-9-21-19(8-17(22)27)30-12-36-21)24(28)23(16)15-7-14-10-29-6-5-20(14)32(25(15)33)11-13-1-2-13/h3-10,12-13,31H,1-2,11H2. The van der Waals surface area contributed by atoms with Crippen molar-refractivity contribution in [3.63, 3.8) is 0 Å². The second-order valence-electron chi connectivity index (χ2n) is 8.84. The summed E-state index contributed by atoms with van der Waals surface area (Å²) in [6.07, 6.45) is 4.92. The maximum Gasteiger partial charge on any atom is 0.264 e. The molecule has 188 valence electrons. The first kappa shape index (κ1) is 23.6. The molecule has 5 aromatic rings. The van der Waals surface area contributed by atoms with Gasteiger partial charge in [-0.1, -0.05) is 0 Å². The molecular formula is C25H17F3N4O3S2. The van der Waals surface area contributed by atoms with Crippen molar-refractivity contribution in [3.05, 3.63) is 82.1 Å². The van der Waals surface area contributed by atoms with Crippen molar-refractivity contribution in [1.82, 2.24) is 14.5 Å². The molecular weight excluding hydrogens is 525 g/mol. The molecule has 2 aromatic carbocycles. The van der Waals surface area contributed by atoms with Gasteiger partial charge in [0.2, 0.25) is 0 Å². The van der Waals surface area contributed by atoms with Gasteiger partial charge in [0.1, 0.15) is 16.5 Å². The number of aromatic nitrogens is 3. The lowest BCUT2D eigenvalue weighted by Gasteiger charge is -2.15. The third-order valence-corrected chi connectivity index (χ3v) is 8.48. The average Bonchev–Trinajstić information content (AvgIpc) is 3.57. The van der Waals surface area contributed by atoms with E-state index in [2.05, 4.69) is 9.97 Å². The van der Waals surface area contributed by atoms with Gasteiger partial charge in [-0.2, -0.15) is 0 Å². The SMILES string of the molecule is O=c1c(-c2c(F)ccc(NS(=O)(=O)c3cc4scnc4cc3F)c2F)cc2cnccc2n1CC1CC1. The molecule has 0 atom stereocenters. The predicted molar refractivity (Wildman–Crippen MR) is 134 cm³/mol. The second-order valence-corrected chi connectivity index (χ2v) is 11.4. The van der Waals surface area contributed by atoms with E-state index in [1.54, 1.807) is 6.07 Å². The summed E-state index contributed by atoms with van der Waals surface area (Å²) in [5.41, 5.74) is 0.125. The smallest absolute Gasteiger partial charge is 0.264 e. The van der Waals surface area contributed by atoms with Crippen LogP contribution in [0.5, 0.6) is 0 Å². The van der Waals surface area contributed by atoms with E-state index in [0.29, 0.717) is 28.1 Å². The van der Waals surface area contributed by atoms with Gasteiger partial charge < -0.3 is 4.57 Å². The number of anilines is 1. The number of pyridine rings is 2. The summed E-state index contributed by atoms with van der Waals surface area (Å²) in [5, 5.41) is 0.502. The number of benzene rings is 2. The molecule has 6 rings (SSSR count). The average molecular weight is 543 g/mol. The zero-order valence-corrected chi connectivity index (χ0v) is 20.5. The predicted octanol–water partition coefficient (Wildman–Crippen LogP) is 5.30. The van der Waals surface area contributed by atoms with Gasteiger partial charge in [-0.3, -0.25) is 14.5 Å². The number of sulfonamides is 1. The molecule has 3 heterocycles. The molecule has 1 fully saturated rings. The maximum atomic E-state index is 15.7. The first-order chi connectivity index (χ1) is 17.7. The summed E-state index contributed by atoms with van der Waals surface area (Å²) in [7, 11) is -4.61. The molecule has 0 unspecified atom stereocenters. The monoisotopic (exact) mass is 542 g/mol. The summed E-state index contributed by atoms with van der Waals surface area (Å²) in [6, 6.07) is 6.81. The van der Waals surface area contributed by atoms with Crippen LogP contribution in [0.15, 0.2) is 64.0 Å². The highest BCUT2D eigenvalue weighted by Gasteiger charge is 2.27. The molecule has 0 saturated heterocycles. The Morgan fingerprint density at radius 2 is 1.89 bits per heavy atom. The van der Waals surface area contributed by atoms with E-state index >= 15 is 8.78 Å². The van der Waals surface area contributed by atoms with Crippen molar-refractivity contribution in [2.24, 2.45) is 5.92 Å². The Morgan fingerprint density at radius 1 is 1.08 bits per heavy atom. The summed E-state index contributed by atoms with van der Waals surface area (Å²) >= 11 is 1.11. The topological polar surface area (TPSA) is 93.9 Å². The molecule has 1 aliphatic rings. The van der Waals surface area contributed by atoms with E-state index < -0.39 is 49.2 Å². The van der Waals surface area contributed by atoms with Gasteiger partial charge in [-0.05, 0) is 49.1 Å². The minimum absolute atomic E-state index is 0.269. The van der Waals surface area contributed by atoms with E-state index in [1.165, 1.54) is 28.5 Å². The lowest BCUT2D eigenvalue weighted by atomic mass is 10.0. The van der Waals surface area contributed by atoms with Crippen LogP contribution >= 0.6 is 11.3 Å². The van der Waals surface area contributed by atoms with Crippen LogP contribution in [0.4, 0.5) is 18.9 Å². The molecule has 37 heavy (non-hydrogen) atoms. The number of nitrogens with zero attached hydrogens (tertiary/aromatic N) is 3. The fourth-order valence-corrected chi connectivity index (χ4v) is 6.21. The van der Waals surface area contributed by atoms with Gasteiger partial charge in [0, 0.05) is 30.4 Å². The Balaban J connectivity index is 1.48. The van der Waals surface area contributed by atoms with Crippen LogP contribution in [0.25, 0.3) is 32.2 Å². The van der Waals surface area contributed by atoms with Gasteiger partial charge in [0.15, 0.2) is 5.82 Å². The fourth-order valence-electron chi connectivity index (χ4n) is 4.29. The fraction of sp³-hybridized carbons (Fsp3) is 0.160. The van der Waals surface area contributed by atoms with E-state index in [1.807, 2.05) is 4.72 Å². The van der Waals surface area contributed by atoms with Gasteiger partial charge in [-0.25, -0.2) is 26.6 Å². The molecule has 0 radical (unpaired) electrons. The van der Waals surface area contributed by atoms with Crippen LogP contribution in [-0.2, 0) is 16.6 Å². The Kier molecular flexibility index (Phi) is 5.53. The van der Waals surface area contributed by atoms with Gasteiger partial charge >= 0.3 is 0 Å². The molecule has 1 N–H and O–H groups in total. The number of nitrogens with one attached hydrogen (secondary N) is 1. The molecule has 7 nitrogen and oxygen atoms in total. The number of rotatable bonds is 6. The molecule has 12 heteroatoms. The number of thiazole rings is 1. The normalized spacial score (nSPS) is 13.9. The maximum absolute atomic E-state index is 15.7. The van der Waals surface area contributed by atoms with Crippen LogP contribution in [0.3, 0.4) is 0 Å². The quantitative estimate of drug-likeness (QED) is 0.314. The second kappa shape index (κ2) is 8.67. The molecule has 0 spiro atoms. The lowest BCUT2D eigenvalue weighted by Crippen LogP contribution is -2.24. The first-order valence-corrected chi connectivity index (χ1v) is 13.6. The third-order valence-electron chi connectivity index (χ3n) is 6.31. The summed E-state index contributed by atoms with van der Waals surface area (Å²) in [5.74, 6) is -3.11. The molecule has 0 aliphatic heterocycles. The van der Waals surface area contributed by atoms with Crippen LogP contribution in [0.1, 0.15) is 12.8 Å². The zero-order valence-electron chi connectivity index (χ0n) is 18.9. The van der Waals surface area contributed by atoms with E-state index in [0.717, 1.165) is 48.4 Å². The third kappa shape index (κ3) is 4.15. The Morgan fingerprint density at radius 3 is 2.68 bits per heavy atom. The number of hydrogen-bond acceptors (Lipinski definition) is 6. The van der Waals surface area contributed by atoms with Crippen LogP contribution < -0.4 is 10.3 Å². The van der Waals surface area contributed by atoms with E-state index in [4.69, 9.17) is 0 Å². The Hall–Kier alpha value is -3.77. The van der Waals surface area contributed by atoms with Crippen molar-refractivity contribution < 1.29 is 21.6 Å². The van der Waals surface area contributed by atoms with Crippen molar-refractivity contribution in [2.75, 3.05) is 4.72 Å². The van der Waals surface area contributed by atoms with Crippen LogP contribution in [0, 0.1) is 23.4 Å². The first-order valence-electron chi connectivity index (χ1n) is 11.2. The number of fused-ring (bicyclic) bond motifs is 2. The lowest BCUT2D eigenvalue weighted by molar-refractivity contribution is 0.569. The van der Waals surface area contributed by atoms with Crippen molar-refractivity contribution in [2.45, 2.75) is 24.3 Å². The van der Waals surface area contributed by atoms with E-state index in [9.17, 15) is 17.6 Å². The minimum atomic E-state index is -4.61. The van der Waals surface area contributed by atoms with Gasteiger partial charge in [0.25, 0.3) is 15.6 Å². The van der Waals surface area contributed by atoms with Gasteiger partial charge in [-0.15, -0.1) is 11.3 Å². The molecule has 1 aliphatic carbocycles. The largest absolute Gasteiger partial charge is 0.307 e. The van der Waals surface area contributed by atoms with Crippen molar-refractivity contribution >= 4 is 48.2 Å². The molecule has 0 amide bonds. The molecule has 3 aromatic heterocycles. The summed E-state index contributed by atoms with van der Waals surface area (Å²) in [4.78, 5) is 20.7. The Labute approximate surface area is 212 Å². The van der Waals surface area contributed by atoms with Gasteiger partial charge in [0.05, 0.1) is 38.1 Å². The van der Waals surface area contributed by atoms with E-state index in [-0.39, 0.29) is 11.1 Å². The Bertz CT molecular complexity index is 1880.